The van der Waals surface area contributed by atoms with Crippen molar-refractivity contribution in [2.75, 3.05) is 26.2 Å². The van der Waals surface area contributed by atoms with Crippen LogP contribution in [0.3, 0.4) is 0 Å². The molecule has 52 heavy (non-hydrogen) atoms. The molecule has 0 unspecified atom stereocenters. The van der Waals surface area contributed by atoms with Crippen LogP contribution in [0.5, 0.6) is 0 Å². The van der Waals surface area contributed by atoms with Crippen LogP contribution in [0, 0.1) is 0 Å². The van der Waals surface area contributed by atoms with Crippen molar-refractivity contribution >= 4 is 0 Å². The molecule has 0 aliphatic carbocycles. The van der Waals surface area contributed by atoms with Gasteiger partial charge in [-0.05, 0) is 50.5 Å². The van der Waals surface area contributed by atoms with Crippen LogP contribution < -0.4 is 0 Å². The average molecular weight is 725 g/mol. The van der Waals surface area contributed by atoms with Crippen LogP contribution in [0.4, 0.5) is 0 Å². The number of rotatable bonds is 43. The zero-order valence-corrected chi connectivity index (χ0v) is 36.5. The molecule has 0 N–H and O–H groups in total. The molecular formula is C51H98N+. The van der Waals surface area contributed by atoms with Crippen molar-refractivity contribution in [3.63, 3.8) is 0 Å². The predicted molar refractivity (Wildman–Crippen MR) is 238 cm³/mol. The molecule has 0 amide bonds. The molecule has 1 rings (SSSR count). The van der Waals surface area contributed by atoms with Gasteiger partial charge >= 0.3 is 0 Å². The maximum Gasteiger partial charge on any atom is 0.0789 e. The second-order valence-corrected chi connectivity index (χ2v) is 17.5. The number of nitrogens with zero attached hydrogens (tertiary/aromatic N) is 1. The van der Waals surface area contributed by atoms with Crippen LogP contribution in [0.15, 0.2) is 30.3 Å². The Morgan fingerprint density at radius 1 is 0.269 bits per heavy atom. The fraction of sp³-hybridized carbons (Fsp3) is 0.882. The van der Waals surface area contributed by atoms with E-state index in [9.17, 15) is 0 Å². The highest BCUT2D eigenvalue weighted by Crippen LogP contribution is 2.21. The Hall–Kier alpha value is -0.820. The number of hydrogen-bond donors (Lipinski definition) is 0. The molecule has 0 aliphatic heterocycles. The highest BCUT2D eigenvalue weighted by molar-refractivity contribution is 5.14. The van der Waals surface area contributed by atoms with Gasteiger partial charge in [0.2, 0.25) is 0 Å². The molecule has 0 fully saturated rings. The van der Waals surface area contributed by atoms with Crippen molar-refractivity contribution in [1.82, 2.24) is 0 Å². The van der Waals surface area contributed by atoms with Gasteiger partial charge < -0.3 is 4.48 Å². The van der Waals surface area contributed by atoms with Gasteiger partial charge in [0, 0.05) is 6.42 Å². The summed E-state index contributed by atoms with van der Waals surface area (Å²) in [6.07, 6.45) is 55.1. The summed E-state index contributed by atoms with van der Waals surface area (Å²) in [4.78, 5) is 0. The van der Waals surface area contributed by atoms with Gasteiger partial charge in [0.15, 0.2) is 0 Å². The van der Waals surface area contributed by atoms with Crippen molar-refractivity contribution in [3.8, 4) is 0 Å². The summed E-state index contributed by atoms with van der Waals surface area (Å²) in [5.41, 5.74) is 1.54. The largest absolute Gasteiger partial charge is 0.324 e. The second-order valence-electron chi connectivity index (χ2n) is 17.5. The second kappa shape index (κ2) is 39.9. The smallest absolute Gasteiger partial charge is 0.0789 e. The van der Waals surface area contributed by atoms with E-state index in [4.69, 9.17) is 0 Å². The lowest BCUT2D eigenvalue weighted by molar-refractivity contribution is -0.929. The minimum absolute atomic E-state index is 1.26. The topological polar surface area (TPSA) is 0 Å². The normalized spacial score (nSPS) is 11.9. The number of unbranched alkanes of at least 4 members (excludes halogenated alkanes) is 33. The minimum atomic E-state index is 1.26. The summed E-state index contributed by atoms with van der Waals surface area (Å²) >= 11 is 0. The van der Waals surface area contributed by atoms with Crippen LogP contribution in [-0.2, 0) is 6.42 Å². The van der Waals surface area contributed by atoms with Gasteiger partial charge in [-0.1, -0.05) is 244 Å². The Labute approximate surface area is 330 Å². The summed E-state index contributed by atoms with van der Waals surface area (Å²) in [6.45, 7) is 12.7. The summed E-state index contributed by atoms with van der Waals surface area (Å²) in [6, 6.07) is 11.4. The van der Waals surface area contributed by atoms with Gasteiger partial charge in [-0.25, -0.2) is 0 Å². The SMILES string of the molecule is CCCCCCCCCCCCCC[N+](CCCCCCCCCCCCCC)(CCCCCCCCCCCCCC)CCCc1ccccc1. The highest BCUT2D eigenvalue weighted by atomic mass is 15.3. The van der Waals surface area contributed by atoms with Crippen molar-refractivity contribution < 1.29 is 4.48 Å². The fourth-order valence-electron chi connectivity index (χ4n) is 8.80. The van der Waals surface area contributed by atoms with Gasteiger partial charge in [0.05, 0.1) is 26.2 Å². The van der Waals surface area contributed by atoms with Crippen molar-refractivity contribution in [2.45, 2.75) is 265 Å². The fourth-order valence-corrected chi connectivity index (χ4v) is 8.80. The molecule has 0 heterocycles. The third-order valence-electron chi connectivity index (χ3n) is 12.4. The standard InChI is InChI=1S/C51H98N/c1-4-7-10-13-16-19-22-25-28-31-34-40-47-52(50-43-46-51-44-38-37-39-45-51,48-41-35-32-29-26-23-20-17-14-11-8-5-2)49-42-36-33-30-27-24-21-18-15-12-9-6-3/h37-39,44-45H,4-36,40-43,46-50H2,1-3H3/q+1. The first-order chi connectivity index (χ1) is 25.8. The Bertz CT molecular complexity index is 716. The van der Waals surface area contributed by atoms with Crippen molar-refractivity contribution in [3.05, 3.63) is 35.9 Å². The molecule has 1 heteroatoms. The molecule has 0 aliphatic rings. The van der Waals surface area contributed by atoms with Crippen LogP contribution in [0.1, 0.15) is 264 Å². The van der Waals surface area contributed by atoms with Gasteiger partial charge in [0.1, 0.15) is 0 Å². The highest BCUT2D eigenvalue weighted by Gasteiger charge is 2.26. The monoisotopic (exact) mass is 725 g/mol. The van der Waals surface area contributed by atoms with Crippen molar-refractivity contribution in [2.24, 2.45) is 0 Å². The molecule has 0 saturated heterocycles. The molecule has 1 nitrogen and oxygen atoms in total. The summed E-state index contributed by atoms with van der Waals surface area (Å²) in [7, 11) is 0. The number of aryl methyl sites for hydroxylation is 1. The van der Waals surface area contributed by atoms with E-state index in [1.807, 2.05) is 0 Å². The lowest BCUT2D eigenvalue weighted by atomic mass is 10.0. The average Bonchev–Trinajstić information content (AvgIpc) is 3.16. The molecule has 1 aromatic rings. The van der Waals surface area contributed by atoms with Gasteiger partial charge in [-0.3, -0.25) is 0 Å². The molecule has 1 aromatic carbocycles. The van der Waals surface area contributed by atoms with E-state index in [1.54, 1.807) is 5.56 Å². The first-order valence-corrected chi connectivity index (χ1v) is 24.7. The van der Waals surface area contributed by atoms with E-state index in [0.29, 0.717) is 0 Å². The third-order valence-corrected chi connectivity index (χ3v) is 12.4. The lowest BCUT2D eigenvalue weighted by Gasteiger charge is -2.40. The number of quaternary nitrogens is 1. The molecule has 0 spiro atoms. The van der Waals surface area contributed by atoms with E-state index >= 15 is 0 Å². The zero-order chi connectivity index (χ0) is 37.3. The van der Waals surface area contributed by atoms with Crippen LogP contribution in [0.25, 0.3) is 0 Å². The first-order valence-electron chi connectivity index (χ1n) is 24.7. The Morgan fingerprint density at radius 2 is 0.500 bits per heavy atom. The van der Waals surface area contributed by atoms with E-state index in [0.717, 1.165) is 0 Å². The molecule has 0 atom stereocenters. The van der Waals surface area contributed by atoms with Crippen LogP contribution in [-0.4, -0.2) is 30.7 Å². The predicted octanol–water partition coefficient (Wildman–Crippen LogP) is 17.5. The van der Waals surface area contributed by atoms with Gasteiger partial charge in [-0.15, -0.1) is 0 Å². The molecule has 0 aromatic heterocycles. The van der Waals surface area contributed by atoms with E-state index in [2.05, 4.69) is 51.1 Å². The number of benzene rings is 1. The summed E-state index contributed by atoms with van der Waals surface area (Å²) in [5, 5.41) is 0. The van der Waals surface area contributed by atoms with Crippen LogP contribution in [0.2, 0.25) is 0 Å². The quantitative estimate of drug-likeness (QED) is 0.0465. The Morgan fingerprint density at radius 3 is 0.769 bits per heavy atom. The number of hydrogen-bond acceptors (Lipinski definition) is 0. The zero-order valence-electron chi connectivity index (χ0n) is 36.5. The molecule has 0 radical (unpaired) electrons. The summed E-state index contributed by atoms with van der Waals surface area (Å²) < 4.78 is 1.43. The Balaban J connectivity index is 2.56. The van der Waals surface area contributed by atoms with Gasteiger partial charge in [-0.2, -0.15) is 0 Å². The lowest BCUT2D eigenvalue weighted by Crippen LogP contribution is -2.51. The van der Waals surface area contributed by atoms with Crippen LogP contribution >= 0.6 is 0 Å². The molecular weight excluding hydrogens is 627 g/mol. The van der Waals surface area contributed by atoms with Gasteiger partial charge in [0.25, 0.3) is 0 Å². The van der Waals surface area contributed by atoms with Crippen molar-refractivity contribution in [1.29, 1.82) is 0 Å². The van der Waals surface area contributed by atoms with E-state index < -0.39 is 0 Å². The summed E-state index contributed by atoms with van der Waals surface area (Å²) in [5.74, 6) is 0. The maximum absolute atomic E-state index is 2.36. The minimum Gasteiger partial charge on any atom is -0.324 e. The van der Waals surface area contributed by atoms with E-state index in [-0.39, 0.29) is 0 Å². The van der Waals surface area contributed by atoms with E-state index in [1.165, 1.54) is 275 Å². The molecule has 0 bridgehead atoms. The Kier molecular flexibility index (Phi) is 37.7. The molecule has 0 saturated carbocycles. The maximum atomic E-state index is 2.36. The third kappa shape index (κ3) is 32.6. The molecule has 306 valence electrons. The first kappa shape index (κ1) is 49.2.